The van der Waals surface area contributed by atoms with Crippen LogP contribution in [0.4, 0.5) is 0 Å². The molecule has 1 saturated heterocycles. The average Bonchev–Trinajstić information content (AvgIpc) is 3.13. The quantitative estimate of drug-likeness (QED) is 0.713. The molecule has 0 saturated carbocycles. The zero-order valence-corrected chi connectivity index (χ0v) is 15.5. The summed E-state index contributed by atoms with van der Waals surface area (Å²) in [5, 5.41) is 4.18. The van der Waals surface area contributed by atoms with Crippen molar-refractivity contribution in [2.75, 3.05) is 32.8 Å². The lowest BCUT2D eigenvalue weighted by molar-refractivity contribution is -0.0612. The van der Waals surface area contributed by atoms with Crippen LogP contribution >= 0.6 is 0 Å². The number of morpholine rings is 1. The molecule has 1 atom stereocenters. The monoisotopic (exact) mass is 357 g/mol. The van der Waals surface area contributed by atoms with Crippen LogP contribution in [0, 0.1) is 5.92 Å². The number of esters is 1. The molecule has 1 aliphatic rings. The molecule has 1 aromatic carbocycles. The average molecular weight is 357 g/mol. The van der Waals surface area contributed by atoms with Crippen molar-refractivity contribution in [2.24, 2.45) is 5.92 Å². The summed E-state index contributed by atoms with van der Waals surface area (Å²) >= 11 is 0. The highest BCUT2D eigenvalue weighted by Gasteiger charge is 2.22. The molecular weight excluding hydrogens is 330 g/mol. The minimum absolute atomic E-state index is 0.0504. The van der Waals surface area contributed by atoms with E-state index >= 15 is 0 Å². The summed E-state index contributed by atoms with van der Waals surface area (Å²) in [7, 11) is 0. The highest BCUT2D eigenvalue weighted by Crippen LogP contribution is 2.11. The molecule has 6 heteroatoms. The molecule has 6 nitrogen and oxygen atoms in total. The number of carbonyl (C=O) groups excluding carboxylic acids is 1. The summed E-state index contributed by atoms with van der Waals surface area (Å²) in [5.74, 6) is 0.316. The standard InChI is InChI=1S/C20H27N3O3/c1-16(2)12-22-10-11-25-19(14-22)15-26-20(24)18-6-4-17(5-7-18)13-23-9-3-8-21-23/h3-9,16,19H,10-15H2,1-2H3. The summed E-state index contributed by atoms with van der Waals surface area (Å²) in [5.41, 5.74) is 1.65. The smallest absolute Gasteiger partial charge is 0.338 e. The Labute approximate surface area is 154 Å². The lowest BCUT2D eigenvalue weighted by atomic mass is 10.1. The second-order valence-electron chi connectivity index (χ2n) is 7.15. The zero-order chi connectivity index (χ0) is 18.4. The molecule has 0 aliphatic carbocycles. The van der Waals surface area contributed by atoms with Crippen molar-refractivity contribution in [1.29, 1.82) is 0 Å². The van der Waals surface area contributed by atoms with E-state index in [0.29, 0.717) is 31.2 Å². The van der Waals surface area contributed by atoms with E-state index in [0.717, 1.165) is 25.2 Å². The maximum absolute atomic E-state index is 12.3. The van der Waals surface area contributed by atoms with Gasteiger partial charge in [0.05, 0.1) is 18.7 Å². The molecule has 0 amide bonds. The van der Waals surface area contributed by atoms with E-state index < -0.39 is 0 Å². The number of aromatic nitrogens is 2. The Bertz CT molecular complexity index is 683. The zero-order valence-electron chi connectivity index (χ0n) is 15.5. The van der Waals surface area contributed by atoms with Crippen LogP contribution < -0.4 is 0 Å². The normalized spacial score (nSPS) is 18.2. The van der Waals surface area contributed by atoms with Crippen molar-refractivity contribution in [3.63, 3.8) is 0 Å². The van der Waals surface area contributed by atoms with Crippen LogP contribution in [0.15, 0.2) is 42.7 Å². The van der Waals surface area contributed by atoms with Crippen LogP contribution in [0.25, 0.3) is 0 Å². The Morgan fingerprint density at radius 2 is 2.15 bits per heavy atom. The van der Waals surface area contributed by atoms with Gasteiger partial charge in [0.15, 0.2) is 0 Å². The van der Waals surface area contributed by atoms with Gasteiger partial charge in [-0.3, -0.25) is 9.58 Å². The number of ether oxygens (including phenoxy) is 2. The third kappa shape index (κ3) is 5.41. The van der Waals surface area contributed by atoms with E-state index in [1.807, 2.05) is 29.1 Å². The van der Waals surface area contributed by atoms with Crippen molar-refractivity contribution in [3.05, 3.63) is 53.9 Å². The third-order valence-corrected chi connectivity index (χ3v) is 4.34. The molecular formula is C20H27N3O3. The Balaban J connectivity index is 1.47. The van der Waals surface area contributed by atoms with Gasteiger partial charge in [0, 0.05) is 32.0 Å². The van der Waals surface area contributed by atoms with Crippen LogP contribution in [-0.4, -0.2) is 59.6 Å². The predicted molar refractivity (Wildman–Crippen MR) is 99.1 cm³/mol. The molecule has 0 N–H and O–H groups in total. The van der Waals surface area contributed by atoms with Crippen LogP contribution in [0.1, 0.15) is 29.8 Å². The summed E-state index contributed by atoms with van der Waals surface area (Å²) in [4.78, 5) is 14.6. The van der Waals surface area contributed by atoms with Gasteiger partial charge in [-0.05, 0) is 29.7 Å². The number of hydrogen-bond acceptors (Lipinski definition) is 5. The van der Waals surface area contributed by atoms with Gasteiger partial charge >= 0.3 is 5.97 Å². The highest BCUT2D eigenvalue weighted by atomic mass is 16.6. The largest absolute Gasteiger partial charge is 0.459 e. The molecule has 0 spiro atoms. The van der Waals surface area contributed by atoms with Crippen molar-refractivity contribution < 1.29 is 14.3 Å². The molecule has 0 bridgehead atoms. The van der Waals surface area contributed by atoms with Crippen LogP contribution in [0.2, 0.25) is 0 Å². The van der Waals surface area contributed by atoms with Gasteiger partial charge in [-0.2, -0.15) is 5.10 Å². The first kappa shape index (κ1) is 18.6. The molecule has 3 rings (SSSR count). The van der Waals surface area contributed by atoms with Crippen molar-refractivity contribution in [2.45, 2.75) is 26.5 Å². The van der Waals surface area contributed by atoms with Crippen LogP contribution in [-0.2, 0) is 16.0 Å². The van der Waals surface area contributed by atoms with E-state index in [4.69, 9.17) is 9.47 Å². The molecule has 1 unspecified atom stereocenters. The fraction of sp³-hybridized carbons (Fsp3) is 0.500. The molecule has 1 aliphatic heterocycles. The SMILES string of the molecule is CC(C)CN1CCOC(COC(=O)c2ccc(Cn3cccn3)cc2)C1. The van der Waals surface area contributed by atoms with Gasteiger partial charge in [0.25, 0.3) is 0 Å². The molecule has 1 aromatic heterocycles. The molecule has 0 radical (unpaired) electrons. The van der Waals surface area contributed by atoms with Gasteiger partial charge in [0.2, 0.25) is 0 Å². The number of rotatable bonds is 7. The van der Waals surface area contributed by atoms with E-state index in [9.17, 15) is 4.79 Å². The minimum atomic E-state index is -0.305. The Hall–Kier alpha value is -2.18. The minimum Gasteiger partial charge on any atom is -0.459 e. The fourth-order valence-corrected chi connectivity index (χ4v) is 3.14. The molecule has 2 aromatic rings. The van der Waals surface area contributed by atoms with E-state index in [-0.39, 0.29) is 12.1 Å². The maximum Gasteiger partial charge on any atom is 0.338 e. The lowest BCUT2D eigenvalue weighted by Crippen LogP contribution is -2.45. The van der Waals surface area contributed by atoms with Gasteiger partial charge < -0.3 is 9.47 Å². The number of benzene rings is 1. The number of hydrogen-bond donors (Lipinski definition) is 0. The van der Waals surface area contributed by atoms with Gasteiger partial charge in [-0.25, -0.2) is 4.79 Å². The molecule has 2 heterocycles. The van der Waals surface area contributed by atoms with E-state index in [2.05, 4.69) is 23.8 Å². The fourth-order valence-electron chi connectivity index (χ4n) is 3.14. The molecule has 1 fully saturated rings. The highest BCUT2D eigenvalue weighted by molar-refractivity contribution is 5.89. The summed E-state index contributed by atoms with van der Waals surface area (Å²) < 4.78 is 13.0. The lowest BCUT2D eigenvalue weighted by Gasteiger charge is -2.33. The van der Waals surface area contributed by atoms with Crippen molar-refractivity contribution in [3.8, 4) is 0 Å². The van der Waals surface area contributed by atoms with Gasteiger partial charge in [-0.1, -0.05) is 26.0 Å². The van der Waals surface area contributed by atoms with Gasteiger partial charge in [-0.15, -0.1) is 0 Å². The summed E-state index contributed by atoms with van der Waals surface area (Å²) in [6, 6.07) is 9.35. The topological polar surface area (TPSA) is 56.6 Å². The Kier molecular flexibility index (Phi) is 6.41. The first-order chi connectivity index (χ1) is 12.6. The second kappa shape index (κ2) is 8.96. The van der Waals surface area contributed by atoms with E-state index in [1.54, 1.807) is 18.3 Å². The second-order valence-corrected chi connectivity index (χ2v) is 7.15. The predicted octanol–water partition coefficient (Wildman–Crippen LogP) is 2.45. The summed E-state index contributed by atoms with van der Waals surface area (Å²) in [6.45, 7) is 8.89. The van der Waals surface area contributed by atoms with Crippen molar-refractivity contribution >= 4 is 5.97 Å². The molecule has 26 heavy (non-hydrogen) atoms. The Morgan fingerprint density at radius 1 is 1.35 bits per heavy atom. The van der Waals surface area contributed by atoms with Gasteiger partial charge in [0.1, 0.15) is 12.7 Å². The first-order valence-electron chi connectivity index (χ1n) is 9.17. The van der Waals surface area contributed by atoms with Crippen molar-refractivity contribution in [1.82, 2.24) is 14.7 Å². The summed E-state index contributed by atoms with van der Waals surface area (Å²) in [6.07, 6.45) is 3.61. The first-order valence-corrected chi connectivity index (χ1v) is 9.17. The Morgan fingerprint density at radius 3 is 2.85 bits per heavy atom. The van der Waals surface area contributed by atoms with E-state index in [1.165, 1.54) is 0 Å². The third-order valence-electron chi connectivity index (χ3n) is 4.34. The van der Waals surface area contributed by atoms with Crippen LogP contribution in [0.3, 0.4) is 0 Å². The molecule has 140 valence electrons. The number of nitrogens with zero attached hydrogens (tertiary/aromatic N) is 3. The van der Waals surface area contributed by atoms with Crippen LogP contribution in [0.5, 0.6) is 0 Å². The maximum atomic E-state index is 12.3. The number of carbonyl (C=O) groups is 1.